The number of hydrogen-bond acceptors (Lipinski definition) is 0. The Bertz CT molecular complexity index is 959. The summed E-state index contributed by atoms with van der Waals surface area (Å²) in [4.78, 5) is 0. The van der Waals surface area contributed by atoms with E-state index in [1.165, 1.54) is 44.5 Å². The zero-order valence-corrected chi connectivity index (χ0v) is 15.9. The van der Waals surface area contributed by atoms with Crippen LogP contribution in [0.5, 0.6) is 0 Å². The first kappa shape index (κ1) is 16.8. The molecule has 4 rings (SSSR count). The van der Waals surface area contributed by atoms with Gasteiger partial charge >= 0.3 is 0 Å². The lowest BCUT2D eigenvalue weighted by molar-refractivity contribution is 0.868. The minimum absolute atomic E-state index is 0.519. The summed E-state index contributed by atoms with van der Waals surface area (Å²) in [6.07, 6.45) is 4.51. The Morgan fingerprint density at radius 1 is 0.846 bits per heavy atom. The standard InChI is InChI=1S/C26H26/c1-4-19-14-15-21-16-22(20-10-6-5-7-11-20)17-25(21)26(19)24-13-9-8-12-23(24)18(2)3/h5-15,17-18H,4,16H2,1-3H3. The number of allylic oxidation sites excluding steroid dienone is 1. The lowest BCUT2D eigenvalue weighted by Gasteiger charge is -2.18. The van der Waals surface area contributed by atoms with E-state index in [4.69, 9.17) is 0 Å². The summed E-state index contributed by atoms with van der Waals surface area (Å²) in [5.41, 5.74) is 11.4. The largest absolute Gasteiger partial charge is 0.0622 e. The van der Waals surface area contributed by atoms with Gasteiger partial charge in [0.2, 0.25) is 0 Å². The van der Waals surface area contributed by atoms with Gasteiger partial charge in [-0.15, -0.1) is 0 Å². The molecule has 0 saturated carbocycles. The minimum Gasteiger partial charge on any atom is -0.0622 e. The summed E-state index contributed by atoms with van der Waals surface area (Å²) >= 11 is 0. The number of rotatable bonds is 4. The summed E-state index contributed by atoms with van der Waals surface area (Å²) in [5, 5.41) is 0. The maximum atomic E-state index is 2.43. The maximum absolute atomic E-state index is 2.43. The van der Waals surface area contributed by atoms with Gasteiger partial charge in [0.15, 0.2) is 0 Å². The summed E-state index contributed by atoms with van der Waals surface area (Å²) in [6, 6.07) is 24.4. The minimum atomic E-state index is 0.519. The molecule has 0 saturated heterocycles. The molecule has 0 heteroatoms. The molecule has 3 aromatic carbocycles. The summed E-state index contributed by atoms with van der Waals surface area (Å²) in [5.74, 6) is 0.519. The maximum Gasteiger partial charge on any atom is -0.00134 e. The smallest absolute Gasteiger partial charge is 0.00134 e. The van der Waals surface area contributed by atoms with Crippen molar-refractivity contribution in [3.8, 4) is 11.1 Å². The fourth-order valence-corrected chi connectivity index (χ4v) is 4.14. The van der Waals surface area contributed by atoms with Gasteiger partial charge in [0, 0.05) is 0 Å². The first-order valence-electron chi connectivity index (χ1n) is 9.69. The van der Waals surface area contributed by atoms with Gasteiger partial charge in [-0.1, -0.05) is 87.5 Å². The zero-order valence-electron chi connectivity index (χ0n) is 15.9. The molecule has 0 heterocycles. The second kappa shape index (κ2) is 6.96. The Morgan fingerprint density at radius 2 is 1.58 bits per heavy atom. The number of benzene rings is 3. The average Bonchev–Trinajstić information content (AvgIpc) is 3.12. The topological polar surface area (TPSA) is 0 Å². The van der Waals surface area contributed by atoms with Gasteiger partial charge in [0.1, 0.15) is 0 Å². The molecule has 0 amide bonds. The normalized spacial score (nSPS) is 13.0. The number of hydrogen-bond donors (Lipinski definition) is 0. The molecule has 0 atom stereocenters. The van der Waals surface area contributed by atoms with E-state index in [1.807, 2.05) is 0 Å². The first-order valence-corrected chi connectivity index (χ1v) is 9.69. The van der Waals surface area contributed by atoms with Crippen LogP contribution in [0.25, 0.3) is 22.8 Å². The SMILES string of the molecule is CCc1ccc2c(c1-c1ccccc1C(C)C)C=C(c1ccccc1)C2. The molecule has 0 unspecified atom stereocenters. The van der Waals surface area contributed by atoms with Gasteiger partial charge in [0.25, 0.3) is 0 Å². The molecule has 130 valence electrons. The van der Waals surface area contributed by atoms with Gasteiger partial charge < -0.3 is 0 Å². The van der Waals surface area contributed by atoms with Crippen LogP contribution in [0.3, 0.4) is 0 Å². The molecule has 0 N–H and O–H groups in total. The Balaban J connectivity index is 1.93. The van der Waals surface area contributed by atoms with Crippen molar-refractivity contribution in [3.05, 3.63) is 94.5 Å². The van der Waals surface area contributed by atoms with Crippen LogP contribution in [0.15, 0.2) is 66.7 Å². The summed E-state index contributed by atoms with van der Waals surface area (Å²) in [6.45, 7) is 6.84. The van der Waals surface area contributed by atoms with Crippen molar-refractivity contribution in [2.75, 3.05) is 0 Å². The molecule has 0 spiro atoms. The van der Waals surface area contributed by atoms with Crippen molar-refractivity contribution in [1.29, 1.82) is 0 Å². The molecular formula is C26H26. The van der Waals surface area contributed by atoms with Crippen LogP contribution in [0.2, 0.25) is 0 Å². The third-order valence-corrected chi connectivity index (χ3v) is 5.50. The molecular weight excluding hydrogens is 312 g/mol. The van der Waals surface area contributed by atoms with Gasteiger partial charge in [-0.05, 0) is 69.4 Å². The first-order chi connectivity index (χ1) is 12.7. The number of fused-ring (bicyclic) bond motifs is 1. The molecule has 0 bridgehead atoms. The second-order valence-electron chi connectivity index (χ2n) is 7.48. The average molecular weight is 338 g/mol. The lowest BCUT2D eigenvalue weighted by Crippen LogP contribution is -1.99. The number of aryl methyl sites for hydroxylation is 1. The van der Waals surface area contributed by atoms with Crippen molar-refractivity contribution >= 4 is 11.6 Å². The molecule has 26 heavy (non-hydrogen) atoms. The Labute approximate surface area is 157 Å². The van der Waals surface area contributed by atoms with Crippen LogP contribution >= 0.6 is 0 Å². The van der Waals surface area contributed by atoms with Crippen molar-refractivity contribution in [2.24, 2.45) is 0 Å². The van der Waals surface area contributed by atoms with Crippen molar-refractivity contribution < 1.29 is 0 Å². The van der Waals surface area contributed by atoms with Crippen LogP contribution in [-0.2, 0) is 12.8 Å². The van der Waals surface area contributed by atoms with E-state index in [0.717, 1.165) is 12.8 Å². The van der Waals surface area contributed by atoms with E-state index >= 15 is 0 Å². The van der Waals surface area contributed by atoms with Crippen molar-refractivity contribution in [2.45, 2.75) is 39.5 Å². The Morgan fingerprint density at radius 3 is 2.31 bits per heavy atom. The predicted octanol–water partition coefficient (Wildman–Crippen LogP) is 7.14. The summed E-state index contributed by atoms with van der Waals surface area (Å²) in [7, 11) is 0. The van der Waals surface area contributed by atoms with Crippen molar-refractivity contribution in [1.82, 2.24) is 0 Å². The van der Waals surface area contributed by atoms with E-state index in [2.05, 4.69) is 93.6 Å². The molecule has 0 aliphatic heterocycles. The van der Waals surface area contributed by atoms with Crippen LogP contribution in [0.1, 0.15) is 54.5 Å². The van der Waals surface area contributed by atoms with Gasteiger partial charge in [-0.3, -0.25) is 0 Å². The third-order valence-electron chi connectivity index (χ3n) is 5.50. The third kappa shape index (κ3) is 2.90. The molecule has 1 aliphatic rings. The molecule has 0 nitrogen and oxygen atoms in total. The highest BCUT2D eigenvalue weighted by atomic mass is 14.3. The van der Waals surface area contributed by atoms with Crippen LogP contribution in [0.4, 0.5) is 0 Å². The van der Waals surface area contributed by atoms with Gasteiger partial charge in [-0.25, -0.2) is 0 Å². The Hall–Kier alpha value is -2.60. The van der Waals surface area contributed by atoms with E-state index in [0.29, 0.717) is 5.92 Å². The van der Waals surface area contributed by atoms with Crippen LogP contribution < -0.4 is 0 Å². The molecule has 1 aliphatic carbocycles. The van der Waals surface area contributed by atoms with Gasteiger partial charge in [0.05, 0.1) is 0 Å². The zero-order chi connectivity index (χ0) is 18.1. The Kier molecular flexibility index (Phi) is 4.51. The van der Waals surface area contributed by atoms with E-state index in [1.54, 1.807) is 0 Å². The van der Waals surface area contributed by atoms with Crippen LogP contribution in [0, 0.1) is 0 Å². The highest BCUT2D eigenvalue weighted by Gasteiger charge is 2.21. The fraction of sp³-hybridized carbons (Fsp3) is 0.231. The molecule has 3 aromatic rings. The highest BCUT2D eigenvalue weighted by molar-refractivity contribution is 5.95. The lowest BCUT2D eigenvalue weighted by atomic mass is 9.86. The monoisotopic (exact) mass is 338 g/mol. The van der Waals surface area contributed by atoms with E-state index < -0.39 is 0 Å². The molecule has 0 aromatic heterocycles. The van der Waals surface area contributed by atoms with E-state index in [9.17, 15) is 0 Å². The quantitative estimate of drug-likeness (QED) is 0.474. The summed E-state index contributed by atoms with van der Waals surface area (Å²) < 4.78 is 0. The second-order valence-corrected chi connectivity index (χ2v) is 7.48. The van der Waals surface area contributed by atoms with E-state index in [-0.39, 0.29) is 0 Å². The van der Waals surface area contributed by atoms with Gasteiger partial charge in [-0.2, -0.15) is 0 Å². The molecule has 0 radical (unpaired) electrons. The van der Waals surface area contributed by atoms with Crippen molar-refractivity contribution in [3.63, 3.8) is 0 Å². The highest BCUT2D eigenvalue weighted by Crippen LogP contribution is 2.41. The van der Waals surface area contributed by atoms with Crippen LogP contribution in [-0.4, -0.2) is 0 Å². The molecule has 0 fully saturated rings. The predicted molar refractivity (Wildman–Crippen MR) is 113 cm³/mol. The fourth-order valence-electron chi connectivity index (χ4n) is 4.14.